The Morgan fingerprint density at radius 1 is 1.31 bits per heavy atom. The molecule has 0 rings (SSSR count). The molecule has 16 heavy (non-hydrogen) atoms. The lowest BCUT2D eigenvalue weighted by Crippen LogP contribution is -2.37. The average molecular weight is 250 g/mol. The van der Waals surface area contributed by atoms with Crippen LogP contribution in [0.15, 0.2) is 0 Å². The molecule has 0 aliphatic heterocycles. The summed E-state index contributed by atoms with van der Waals surface area (Å²) in [5.74, 6) is -0.102. The van der Waals surface area contributed by atoms with Crippen molar-refractivity contribution in [3.63, 3.8) is 0 Å². The molecule has 0 fully saturated rings. The van der Waals surface area contributed by atoms with E-state index in [1.165, 1.54) is 0 Å². The van der Waals surface area contributed by atoms with E-state index in [-0.39, 0.29) is 17.7 Å². The van der Waals surface area contributed by atoms with Crippen molar-refractivity contribution in [3.05, 3.63) is 0 Å². The van der Waals surface area contributed by atoms with E-state index in [1.807, 2.05) is 0 Å². The molecule has 0 aliphatic rings. The zero-order valence-corrected chi connectivity index (χ0v) is 10.8. The molecule has 0 saturated carbocycles. The quantitative estimate of drug-likeness (QED) is 0.596. The van der Waals surface area contributed by atoms with Gasteiger partial charge in [-0.15, -0.1) is 0 Å². The highest BCUT2D eigenvalue weighted by Crippen LogP contribution is 1.99. The van der Waals surface area contributed by atoms with Gasteiger partial charge in [0.25, 0.3) is 0 Å². The van der Waals surface area contributed by atoms with Gasteiger partial charge < -0.3 is 11.1 Å². The maximum atomic E-state index is 11.4. The molecule has 1 atom stereocenters. The smallest absolute Gasteiger partial charge is 0.220 e. The number of hydrogen-bond donors (Lipinski definition) is 2. The molecule has 0 aromatic rings. The highest BCUT2D eigenvalue weighted by molar-refractivity contribution is 7.90. The summed E-state index contributed by atoms with van der Waals surface area (Å²) in [4.78, 5) is 11.4. The first-order valence-electron chi connectivity index (χ1n) is 5.52. The van der Waals surface area contributed by atoms with Gasteiger partial charge in [-0.25, -0.2) is 8.42 Å². The van der Waals surface area contributed by atoms with Gasteiger partial charge in [0, 0.05) is 18.7 Å². The minimum absolute atomic E-state index is 0.0124. The van der Waals surface area contributed by atoms with Crippen LogP contribution in [0.4, 0.5) is 0 Å². The van der Waals surface area contributed by atoms with Gasteiger partial charge in [0.15, 0.2) is 0 Å². The predicted octanol–water partition coefficient (Wildman–Crippen LogP) is 0.0548. The second-order valence-corrected chi connectivity index (χ2v) is 6.35. The summed E-state index contributed by atoms with van der Waals surface area (Å²) in [6.07, 6.45) is 4.26. The summed E-state index contributed by atoms with van der Waals surface area (Å²) in [6.45, 7) is 2.34. The van der Waals surface area contributed by atoms with Crippen LogP contribution in [-0.4, -0.2) is 38.9 Å². The molecule has 0 saturated heterocycles. The molecule has 96 valence electrons. The van der Waals surface area contributed by atoms with E-state index in [1.54, 1.807) is 6.92 Å². The molecule has 0 aromatic heterocycles. The molecule has 1 unspecified atom stereocenters. The van der Waals surface area contributed by atoms with Crippen LogP contribution in [0, 0.1) is 0 Å². The normalized spacial score (nSPS) is 13.4. The summed E-state index contributed by atoms with van der Waals surface area (Å²) in [7, 11) is -3.03. The Hall–Kier alpha value is -0.620. The lowest BCUT2D eigenvalue weighted by molar-refractivity contribution is -0.121. The topological polar surface area (TPSA) is 89.3 Å². The van der Waals surface area contributed by atoms with Gasteiger partial charge in [-0.2, -0.15) is 0 Å². The number of carbonyl (C=O) groups excluding carboxylic acids is 1. The van der Waals surface area contributed by atoms with E-state index in [0.717, 1.165) is 25.5 Å². The van der Waals surface area contributed by atoms with E-state index >= 15 is 0 Å². The molecule has 0 aliphatic carbocycles. The Kier molecular flexibility index (Phi) is 7.33. The van der Waals surface area contributed by atoms with E-state index in [9.17, 15) is 13.2 Å². The zero-order valence-electron chi connectivity index (χ0n) is 10.0. The summed E-state index contributed by atoms with van der Waals surface area (Å²) in [6, 6.07) is -0.322. The van der Waals surface area contributed by atoms with Crippen molar-refractivity contribution in [2.24, 2.45) is 5.73 Å². The van der Waals surface area contributed by atoms with Crippen molar-refractivity contribution < 1.29 is 13.2 Å². The first kappa shape index (κ1) is 15.4. The van der Waals surface area contributed by atoms with Crippen molar-refractivity contribution in [2.45, 2.75) is 38.6 Å². The molecule has 1 amide bonds. The third kappa shape index (κ3) is 9.92. The van der Waals surface area contributed by atoms with Crippen molar-refractivity contribution in [3.8, 4) is 0 Å². The first-order valence-corrected chi connectivity index (χ1v) is 7.58. The highest BCUT2D eigenvalue weighted by atomic mass is 32.2. The van der Waals surface area contributed by atoms with E-state index < -0.39 is 9.84 Å². The second-order valence-electron chi connectivity index (χ2n) is 4.16. The third-order valence-electron chi connectivity index (χ3n) is 2.07. The molecule has 0 aromatic carbocycles. The molecule has 0 heterocycles. The van der Waals surface area contributed by atoms with Crippen molar-refractivity contribution >= 4 is 15.7 Å². The van der Waals surface area contributed by atoms with Gasteiger partial charge in [0.1, 0.15) is 9.84 Å². The van der Waals surface area contributed by atoms with Gasteiger partial charge in [-0.1, -0.05) is 6.42 Å². The van der Waals surface area contributed by atoms with Crippen LogP contribution in [0.2, 0.25) is 0 Å². The van der Waals surface area contributed by atoms with Crippen LogP contribution in [0.1, 0.15) is 32.6 Å². The monoisotopic (exact) mass is 250 g/mol. The highest BCUT2D eigenvalue weighted by Gasteiger charge is 2.12. The van der Waals surface area contributed by atoms with Gasteiger partial charge in [-0.05, 0) is 26.3 Å². The maximum absolute atomic E-state index is 11.4. The SMILES string of the molecule is CC(CS(C)(=O)=O)NC(=O)CCCCCN. The minimum atomic E-state index is -3.03. The predicted molar refractivity (Wildman–Crippen MR) is 64.8 cm³/mol. The average Bonchev–Trinajstić information content (AvgIpc) is 2.09. The first-order chi connectivity index (χ1) is 7.35. The van der Waals surface area contributed by atoms with Crippen molar-refractivity contribution in [2.75, 3.05) is 18.6 Å². The largest absolute Gasteiger partial charge is 0.353 e. The zero-order chi connectivity index (χ0) is 12.6. The van der Waals surface area contributed by atoms with Gasteiger partial charge >= 0.3 is 0 Å². The third-order valence-corrected chi connectivity index (χ3v) is 3.17. The van der Waals surface area contributed by atoms with Gasteiger partial charge in [0.05, 0.1) is 5.75 Å². The number of nitrogens with two attached hydrogens (primary N) is 1. The fraction of sp³-hybridized carbons (Fsp3) is 0.900. The number of nitrogens with one attached hydrogen (secondary N) is 1. The van der Waals surface area contributed by atoms with E-state index in [4.69, 9.17) is 5.73 Å². The van der Waals surface area contributed by atoms with Gasteiger partial charge in [-0.3, -0.25) is 4.79 Å². The van der Waals surface area contributed by atoms with Gasteiger partial charge in [0.2, 0.25) is 5.91 Å². The molecule has 0 radical (unpaired) electrons. The van der Waals surface area contributed by atoms with Crippen LogP contribution in [0.25, 0.3) is 0 Å². The number of sulfone groups is 1. The maximum Gasteiger partial charge on any atom is 0.220 e. The van der Waals surface area contributed by atoms with Crippen molar-refractivity contribution in [1.82, 2.24) is 5.32 Å². The Morgan fingerprint density at radius 2 is 1.94 bits per heavy atom. The fourth-order valence-electron chi connectivity index (χ4n) is 1.45. The van der Waals surface area contributed by atoms with Crippen LogP contribution >= 0.6 is 0 Å². The van der Waals surface area contributed by atoms with E-state index in [2.05, 4.69) is 5.32 Å². The number of carbonyl (C=O) groups is 1. The summed E-state index contributed by atoms with van der Waals surface area (Å²) in [5.41, 5.74) is 5.33. The Bertz CT molecular complexity index is 301. The Labute approximate surface area is 97.7 Å². The molecule has 5 nitrogen and oxygen atoms in total. The summed E-state index contributed by atoms with van der Waals surface area (Å²) < 4.78 is 21.9. The fourth-order valence-corrected chi connectivity index (χ4v) is 2.44. The number of amides is 1. The second kappa shape index (κ2) is 7.62. The number of unbranched alkanes of at least 4 members (excludes halogenated alkanes) is 2. The standard InChI is InChI=1S/C10H22N2O3S/c1-9(8-16(2,14)15)12-10(13)6-4-3-5-7-11/h9H,3-8,11H2,1-2H3,(H,12,13). The lowest BCUT2D eigenvalue weighted by Gasteiger charge is -2.12. The summed E-state index contributed by atoms with van der Waals surface area (Å²) >= 11 is 0. The molecular formula is C10H22N2O3S. The minimum Gasteiger partial charge on any atom is -0.353 e. The molecule has 0 bridgehead atoms. The van der Waals surface area contributed by atoms with Crippen LogP contribution in [0.3, 0.4) is 0 Å². The van der Waals surface area contributed by atoms with Crippen molar-refractivity contribution in [1.29, 1.82) is 0 Å². The Morgan fingerprint density at radius 3 is 2.44 bits per heavy atom. The van der Waals surface area contributed by atoms with E-state index in [0.29, 0.717) is 13.0 Å². The number of hydrogen-bond acceptors (Lipinski definition) is 4. The summed E-state index contributed by atoms with van der Waals surface area (Å²) in [5, 5.41) is 2.66. The number of rotatable bonds is 8. The van der Waals surface area contributed by atoms with Crippen LogP contribution in [0.5, 0.6) is 0 Å². The molecule has 3 N–H and O–H groups in total. The van der Waals surface area contributed by atoms with Crippen LogP contribution < -0.4 is 11.1 Å². The molecular weight excluding hydrogens is 228 g/mol. The molecule has 6 heteroatoms. The van der Waals surface area contributed by atoms with Crippen LogP contribution in [-0.2, 0) is 14.6 Å². The Balaban J connectivity index is 3.70. The lowest BCUT2D eigenvalue weighted by atomic mass is 10.2. The molecule has 0 spiro atoms.